The van der Waals surface area contributed by atoms with E-state index in [0.29, 0.717) is 23.4 Å². The third kappa shape index (κ3) is 4.90. The lowest BCUT2D eigenvalue weighted by Crippen LogP contribution is -2.44. The average Bonchev–Trinajstić information content (AvgIpc) is 2.90. The molecular weight excluding hydrogens is 414 g/mol. The highest BCUT2D eigenvalue weighted by Crippen LogP contribution is 2.39. The highest BCUT2D eigenvalue weighted by atomic mass is 35.5. The van der Waals surface area contributed by atoms with Gasteiger partial charge in [-0.25, -0.2) is 22.0 Å². The molecule has 0 aliphatic carbocycles. The number of primary sulfonamides is 1. The molecule has 1 aromatic heterocycles. The first-order chi connectivity index (χ1) is 11.1. The van der Waals surface area contributed by atoms with Crippen LogP contribution in [-0.4, -0.2) is 53.4 Å². The number of halogens is 1. The smallest absolute Gasteiger partial charge is 0.302 e. The number of esters is 1. The quantitative estimate of drug-likeness (QED) is 0.604. The van der Waals surface area contributed by atoms with Crippen LogP contribution in [0.3, 0.4) is 0 Å². The number of carbonyl (C=O) groups is 1. The first-order valence-electron chi connectivity index (χ1n) is 7.10. The summed E-state index contributed by atoms with van der Waals surface area (Å²) in [7, 11) is -7.86. The molecule has 144 valence electrons. The minimum absolute atomic E-state index is 0. The van der Waals surface area contributed by atoms with Crippen molar-refractivity contribution in [2.45, 2.75) is 28.3 Å². The van der Waals surface area contributed by atoms with Crippen molar-refractivity contribution in [1.29, 1.82) is 0 Å². The number of nitrogens with zero attached hydrogens (tertiary/aromatic N) is 1. The second-order valence-corrected chi connectivity index (χ2v) is 10.1. The largest absolute Gasteiger partial charge is 0.464 e. The summed E-state index contributed by atoms with van der Waals surface area (Å²) in [5.41, 5.74) is 0.398. The molecule has 0 radical (unpaired) electrons. The van der Waals surface area contributed by atoms with Crippen molar-refractivity contribution in [3.63, 3.8) is 0 Å². The molecule has 1 aliphatic heterocycles. The summed E-state index contributed by atoms with van der Waals surface area (Å²) >= 11 is 0.632. The average molecular weight is 434 g/mol. The Labute approximate surface area is 157 Å². The van der Waals surface area contributed by atoms with E-state index >= 15 is 0 Å². The van der Waals surface area contributed by atoms with E-state index in [0.717, 1.165) is 0 Å². The maximum absolute atomic E-state index is 12.7. The van der Waals surface area contributed by atoms with Crippen LogP contribution >= 0.6 is 23.7 Å². The van der Waals surface area contributed by atoms with Gasteiger partial charge in [-0.2, -0.15) is 4.31 Å². The lowest BCUT2D eigenvalue weighted by Gasteiger charge is -2.32. The van der Waals surface area contributed by atoms with Crippen molar-refractivity contribution in [1.82, 2.24) is 9.62 Å². The van der Waals surface area contributed by atoms with Crippen molar-refractivity contribution in [2.24, 2.45) is 5.14 Å². The number of ether oxygens (including phenoxy) is 1. The predicted molar refractivity (Wildman–Crippen MR) is 94.7 cm³/mol. The first kappa shape index (κ1) is 22.3. The second kappa shape index (κ2) is 8.29. The lowest BCUT2D eigenvalue weighted by atomic mass is 10.1. The van der Waals surface area contributed by atoms with E-state index in [9.17, 15) is 21.6 Å². The number of hydrogen-bond donors (Lipinski definition) is 2. The summed E-state index contributed by atoms with van der Waals surface area (Å²) in [4.78, 5) is 10.8. The van der Waals surface area contributed by atoms with Crippen molar-refractivity contribution in [2.75, 3.05) is 26.2 Å². The van der Waals surface area contributed by atoms with Crippen molar-refractivity contribution >= 4 is 49.8 Å². The molecule has 1 aliphatic rings. The Morgan fingerprint density at radius 3 is 2.68 bits per heavy atom. The van der Waals surface area contributed by atoms with Crippen LogP contribution in [0, 0.1) is 0 Å². The normalized spacial score (nSPS) is 19.7. The van der Waals surface area contributed by atoms with Gasteiger partial charge in [-0.3, -0.25) is 4.79 Å². The van der Waals surface area contributed by atoms with Crippen LogP contribution in [-0.2, 0) is 29.6 Å². The van der Waals surface area contributed by atoms with E-state index in [-0.39, 0.29) is 46.6 Å². The van der Waals surface area contributed by atoms with E-state index in [1.807, 2.05) is 6.92 Å². The van der Waals surface area contributed by atoms with Gasteiger partial charge in [0.1, 0.15) is 15.0 Å². The molecule has 0 fully saturated rings. The minimum atomic E-state index is -3.99. The van der Waals surface area contributed by atoms with Gasteiger partial charge in [-0.05, 0) is 12.6 Å². The fourth-order valence-electron chi connectivity index (χ4n) is 2.39. The number of carbonyl (C=O) groups excluding carboxylic acids is 1. The highest BCUT2D eigenvalue weighted by Gasteiger charge is 2.39. The third-order valence-corrected chi connectivity index (χ3v) is 8.38. The summed E-state index contributed by atoms with van der Waals surface area (Å²) < 4.78 is 54.3. The van der Waals surface area contributed by atoms with Crippen molar-refractivity contribution < 1.29 is 26.4 Å². The maximum Gasteiger partial charge on any atom is 0.302 e. The molecule has 1 atom stereocenters. The summed E-state index contributed by atoms with van der Waals surface area (Å²) in [6.07, 6.45) is 0. The molecule has 0 unspecified atom stereocenters. The molecule has 0 amide bonds. The number of thiophene rings is 1. The Balaban J connectivity index is 0.00000312. The molecular formula is C12H20ClN3O6S3. The lowest BCUT2D eigenvalue weighted by molar-refractivity contribution is -0.141. The summed E-state index contributed by atoms with van der Waals surface area (Å²) in [6, 6.07) is 0.946. The molecule has 1 aromatic rings. The number of fused-ring (bicyclic) bond motifs is 1. The fourth-order valence-corrected chi connectivity index (χ4v) is 6.64. The van der Waals surface area contributed by atoms with Gasteiger partial charge in [0.05, 0.1) is 0 Å². The highest BCUT2D eigenvalue weighted by molar-refractivity contribution is 7.94. The van der Waals surface area contributed by atoms with Gasteiger partial charge in [-0.15, -0.1) is 23.7 Å². The summed E-state index contributed by atoms with van der Waals surface area (Å²) in [5.74, 6) is -0.499. The molecule has 25 heavy (non-hydrogen) atoms. The van der Waals surface area contributed by atoms with Crippen LogP contribution in [0.5, 0.6) is 0 Å². The number of likely N-dealkylation sites (N-methyl/N-ethyl adjacent to an activating group) is 1. The van der Waals surface area contributed by atoms with E-state index in [1.54, 1.807) is 0 Å². The van der Waals surface area contributed by atoms with E-state index in [1.165, 1.54) is 17.3 Å². The number of nitrogens with one attached hydrogen (secondary N) is 1. The van der Waals surface area contributed by atoms with E-state index < -0.39 is 26.0 Å². The van der Waals surface area contributed by atoms with E-state index in [4.69, 9.17) is 9.88 Å². The van der Waals surface area contributed by atoms with Crippen LogP contribution in [0.2, 0.25) is 0 Å². The number of hydrogen-bond acceptors (Lipinski definition) is 8. The van der Waals surface area contributed by atoms with Gasteiger partial charge < -0.3 is 10.1 Å². The Hall–Kier alpha value is -0.760. The van der Waals surface area contributed by atoms with Crippen molar-refractivity contribution in [3.8, 4) is 0 Å². The molecule has 0 saturated heterocycles. The van der Waals surface area contributed by atoms with Crippen LogP contribution in [0.15, 0.2) is 14.5 Å². The molecule has 13 heteroatoms. The van der Waals surface area contributed by atoms with Gasteiger partial charge in [0.15, 0.2) is 0 Å². The standard InChI is InChI=1S/C12H19N3O6S3.ClH/c1-3-14-10-7-15(4-5-21-8(2)16)24(19,20)12-9(10)6-11(22-12)23(13,17)18;/h6,10,14H,3-5,7H2,1-2H3,(H2,13,17,18);1H/t10-;/m0./s1. The Bertz CT molecular complexity index is 836. The third-order valence-electron chi connectivity index (χ3n) is 3.42. The number of rotatable bonds is 6. The van der Waals surface area contributed by atoms with E-state index in [2.05, 4.69) is 5.32 Å². The zero-order valence-electron chi connectivity index (χ0n) is 13.6. The van der Waals surface area contributed by atoms with Gasteiger partial charge in [-0.1, -0.05) is 6.92 Å². The fraction of sp³-hybridized carbons (Fsp3) is 0.583. The monoisotopic (exact) mass is 433 g/mol. The van der Waals surface area contributed by atoms with Crippen LogP contribution in [0.4, 0.5) is 0 Å². The SMILES string of the molecule is CCN[C@H]1CN(CCOC(C)=O)S(=O)(=O)c2sc(S(N)(=O)=O)cc21.Cl. The summed E-state index contributed by atoms with van der Waals surface area (Å²) in [6.45, 7) is 3.70. The summed E-state index contributed by atoms with van der Waals surface area (Å²) in [5, 5.41) is 8.25. The molecule has 2 heterocycles. The molecule has 2 rings (SSSR count). The molecule has 3 N–H and O–H groups in total. The van der Waals surface area contributed by atoms with Gasteiger partial charge in [0.2, 0.25) is 10.0 Å². The Morgan fingerprint density at radius 1 is 1.52 bits per heavy atom. The topological polar surface area (TPSA) is 136 Å². The Morgan fingerprint density at radius 2 is 2.16 bits per heavy atom. The van der Waals surface area contributed by atoms with Crippen molar-refractivity contribution in [3.05, 3.63) is 11.6 Å². The van der Waals surface area contributed by atoms with Gasteiger partial charge in [0, 0.05) is 31.6 Å². The zero-order valence-corrected chi connectivity index (χ0v) is 16.9. The first-order valence-corrected chi connectivity index (χ1v) is 10.9. The van der Waals surface area contributed by atoms with Crippen LogP contribution < -0.4 is 10.5 Å². The van der Waals surface area contributed by atoms with Crippen LogP contribution in [0.25, 0.3) is 0 Å². The second-order valence-electron chi connectivity index (χ2n) is 5.17. The molecule has 0 bridgehead atoms. The maximum atomic E-state index is 12.7. The Kier molecular flexibility index (Phi) is 7.39. The predicted octanol–water partition coefficient (Wildman–Crippen LogP) is 0.0353. The molecule has 0 saturated carbocycles. The molecule has 0 spiro atoms. The van der Waals surface area contributed by atoms with Gasteiger partial charge in [0.25, 0.3) is 10.0 Å². The minimum Gasteiger partial charge on any atom is -0.464 e. The number of sulfonamides is 2. The zero-order chi connectivity index (χ0) is 18.1. The molecule has 9 nitrogen and oxygen atoms in total. The van der Waals surface area contributed by atoms with Gasteiger partial charge >= 0.3 is 5.97 Å². The van der Waals surface area contributed by atoms with Crippen LogP contribution in [0.1, 0.15) is 25.5 Å². The number of nitrogens with two attached hydrogens (primary N) is 1. The molecule has 0 aromatic carbocycles.